The van der Waals surface area contributed by atoms with Gasteiger partial charge in [-0.25, -0.2) is 0 Å². The smallest absolute Gasteiger partial charge is 0.249 e. The van der Waals surface area contributed by atoms with Gasteiger partial charge in [0.05, 0.1) is 18.3 Å². The van der Waals surface area contributed by atoms with Crippen LogP contribution in [0, 0.1) is 6.92 Å². The van der Waals surface area contributed by atoms with Gasteiger partial charge in [0, 0.05) is 11.4 Å². The van der Waals surface area contributed by atoms with Crippen LogP contribution in [0.3, 0.4) is 0 Å². The highest BCUT2D eigenvalue weighted by Crippen LogP contribution is 2.28. The summed E-state index contributed by atoms with van der Waals surface area (Å²) in [5, 5.41) is 14.8. The van der Waals surface area contributed by atoms with Crippen LogP contribution in [0.25, 0.3) is 0 Å². The van der Waals surface area contributed by atoms with Crippen molar-refractivity contribution >= 4 is 34.7 Å². The van der Waals surface area contributed by atoms with E-state index in [0.717, 1.165) is 16.9 Å². The third kappa shape index (κ3) is 3.72. The highest BCUT2D eigenvalue weighted by atomic mass is 35.5. The molecule has 3 aromatic rings. The number of aryl methyl sites for hydroxylation is 1. The number of nitrogens with zero attached hydrogens (tertiary/aromatic N) is 3. The van der Waals surface area contributed by atoms with Gasteiger partial charge in [-0.05, 0) is 36.8 Å². The second-order valence-corrected chi connectivity index (χ2v) is 5.49. The highest BCUT2D eigenvalue weighted by Gasteiger charge is 2.06. The van der Waals surface area contributed by atoms with Crippen LogP contribution in [0.1, 0.15) is 5.56 Å². The van der Waals surface area contributed by atoms with Gasteiger partial charge in [-0.3, -0.25) is 0 Å². The minimum Gasteiger partial charge on any atom is -0.495 e. The minimum atomic E-state index is 0.411. The first-order chi connectivity index (χ1) is 11.7. The molecule has 0 saturated heterocycles. The fraction of sp³-hybridized carbons (Fsp3) is 0.118. The fourth-order valence-corrected chi connectivity index (χ4v) is 2.40. The summed E-state index contributed by atoms with van der Waals surface area (Å²) in [6, 6.07) is 13.3. The number of halogens is 1. The van der Waals surface area contributed by atoms with E-state index in [1.165, 1.54) is 0 Å². The van der Waals surface area contributed by atoms with Crippen LogP contribution in [0.4, 0.5) is 23.1 Å². The van der Waals surface area contributed by atoms with Crippen LogP contribution in [0.2, 0.25) is 5.02 Å². The summed E-state index contributed by atoms with van der Waals surface area (Å²) < 4.78 is 5.14. The Bertz CT molecular complexity index is 856. The molecule has 7 heteroatoms. The fourth-order valence-electron chi connectivity index (χ4n) is 2.14. The molecule has 0 fully saturated rings. The molecule has 1 aromatic heterocycles. The molecule has 0 saturated carbocycles. The Kier molecular flexibility index (Phi) is 4.77. The van der Waals surface area contributed by atoms with Gasteiger partial charge >= 0.3 is 0 Å². The SMILES string of the molecule is COc1ccc(Nc2cnnc(Nc3ccccc3C)n2)cc1Cl. The second-order valence-electron chi connectivity index (χ2n) is 5.08. The van der Waals surface area contributed by atoms with Gasteiger partial charge in [-0.2, -0.15) is 10.1 Å². The number of hydrogen-bond donors (Lipinski definition) is 2. The quantitative estimate of drug-likeness (QED) is 0.719. The zero-order chi connectivity index (χ0) is 16.9. The number of rotatable bonds is 5. The molecule has 0 atom stereocenters. The van der Waals surface area contributed by atoms with Crippen LogP contribution >= 0.6 is 11.6 Å². The molecule has 0 aliphatic heterocycles. The first kappa shape index (κ1) is 16.0. The number of anilines is 4. The first-order valence-electron chi connectivity index (χ1n) is 7.28. The predicted molar refractivity (Wildman–Crippen MR) is 95.6 cm³/mol. The molecular formula is C17H16ClN5O. The van der Waals surface area contributed by atoms with Crippen molar-refractivity contribution in [2.24, 2.45) is 0 Å². The number of para-hydroxylation sites is 1. The predicted octanol–water partition coefficient (Wildman–Crippen LogP) is 4.33. The summed E-state index contributed by atoms with van der Waals surface area (Å²) in [6.07, 6.45) is 1.54. The first-order valence-corrected chi connectivity index (χ1v) is 7.66. The number of nitrogens with one attached hydrogen (secondary N) is 2. The van der Waals surface area contributed by atoms with E-state index in [1.54, 1.807) is 25.4 Å². The van der Waals surface area contributed by atoms with Gasteiger partial charge in [0.15, 0.2) is 5.82 Å². The van der Waals surface area contributed by atoms with Crippen LogP contribution in [-0.2, 0) is 0 Å². The third-order valence-corrected chi connectivity index (χ3v) is 3.67. The van der Waals surface area contributed by atoms with E-state index in [9.17, 15) is 0 Å². The Morgan fingerprint density at radius 1 is 1.08 bits per heavy atom. The van der Waals surface area contributed by atoms with Gasteiger partial charge in [-0.15, -0.1) is 5.10 Å². The van der Waals surface area contributed by atoms with Gasteiger partial charge in [0.2, 0.25) is 5.95 Å². The standard InChI is InChI=1S/C17H16ClN5O/c1-11-5-3-4-6-14(11)21-17-22-16(10-19-23-17)20-12-7-8-15(24-2)13(18)9-12/h3-10H,1-2H3,(H2,20,21,22,23). The molecule has 0 radical (unpaired) electrons. The summed E-state index contributed by atoms with van der Waals surface area (Å²) in [7, 11) is 1.58. The molecule has 0 bridgehead atoms. The average Bonchev–Trinajstić information content (AvgIpc) is 2.58. The van der Waals surface area contributed by atoms with E-state index in [0.29, 0.717) is 22.5 Å². The molecule has 0 amide bonds. The highest BCUT2D eigenvalue weighted by molar-refractivity contribution is 6.32. The minimum absolute atomic E-state index is 0.411. The largest absolute Gasteiger partial charge is 0.495 e. The van der Waals surface area contributed by atoms with Crippen molar-refractivity contribution in [2.75, 3.05) is 17.7 Å². The summed E-state index contributed by atoms with van der Waals surface area (Å²) in [5.41, 5.74) is 2.81. The molecular weight excluding hydrogens is 326 g/mol. The number of ether oxygens (including phenoxy) is 1. The van der Waals surface area contributed by atoms with Crippen LogP contribution in [0.5, 0.6) is 5.75 Å². The van der Waals surface area contributed by atoms with E-state index in [-0.39, 0.29) is 0 Å². The summed E-state index contributed by atoms with van der Waals surface area (Å²) in [4.78, 5) is 4.41. The third-order valence-electron chi connectivity index (χ3n) is 3.37. The lowest BCUT2D eigenvalue weighted by atomic mass is 10.2. The van der Waals surface area contributed by atoms with Gasteiger partial charge in [-0.1, -0.05) is 29.8 Å². The van der Waals surface area contributed by atoms with Gasteiger partial charge < -0.3 is 15.4 Å². The van der Waals surface area contributed by atoms with Crippen LogP contribution < -0.4 is 15.4 Å². The lowest BCUT2D eigenvalue weighted by Crippen LogP contribution is -2.03. The van der Waals surface area contributed by atoms with E-state index in [4.69, 9.17) is 16.3 Å². The van der Waals surface area contributed by atoms with Crippen molar-refractivity contribution < 1.29 is 4.74 Å². The maximum Gasteiger partial charge on any atom is 0.249 e. The topological polar surface area (TPSA) is 72.0 Å². The average molecular weight is 342 g/mol. The molecule has 0 aliphatic carbocycles. The maximum atomic E-state index is 6.13. The number of benzene rings is 2. The van der Waals surface area contributed by atoms with Crippen LogP contribution in [0.15, 0.2) is 48.7 Å². The Morgan fingerprint density at radius 2 is 1.92 bits per heavy atom. The van der Waals surface area contributed by atoms with Crippen molar-refractivity contribution in [1.29, 1.82) is 0 Å². The monoisotopic (exact) mass is 341 g/mol. The molecule has 122 valence electrons. The van der Waals surface area contributed by atoms with Gasteiger partial charge in [0.25, 0.3) is 0 Å². The van der Waals surface area contributed by atoms with Crippen molar-refractivity contribution in [3.05, 3.63) is 59.2 Å². The molecule has 2 N–H and O–H groups in total. The lowest BCUT2D eigenvalue weighted by Gasteiger charge is -2.10. The Labute approximate surface area is 144 Å². The Hall–Kier alpha value is -2.86. The Balaban J connectivity index is 1.78. The second kappa shape index (κ2) is 7.14. The number of hydrogen-bond acceptors (Lipinski definition) is 6. The molecule has 0 spiro atoms. The molecule has 6 nitrogen and oxygen atoms in total. The molecule has 2 aromatic carbocycles. The molecule has 24 heavy (non-hydrogen) atoms. The Morgan fingerprint density at radius 3 is 2.67 bits per heavy atom. The van der Waals surface area contributed by atoms with E-state index >= 15 is 0 Å². The molecule has 0 aliphatic rings. The summed E-state index contributed by atoms with van der Waals surface area (Å²) in [6.45, 7) is 2.01. The molecule has 0 unspecified atom stereocenters. The molecule has 3 rings (SSSR count). The van der Waals surface area contributed by atoms with E-state index < -0.39 is 0 Å². The van der Waals surface area contributed by atoms with E-state index in [1.807, 2.05) is 37.3 Å². The maximum absolute atomic E-state index is 6.13. The van der Waals surface area contributed by atoms with Crippen molar-refractivity contribution in [3.8, 4) is 5.75 Å². The van der Waals surface area contributed by atoms with Crippen molar-refractivity contribution in [3.63, 3.8) is 0 Å². The summed E-state index contributed by atoms with van der Waals surface area (Å²) in [5.74, 6) is 1.58. The molecule has 1 heterocycles. The van der Waals surface area contributed by atoms with Crippen molar-refractivity contribution in [2.45, 2.75) is 6.92 Å². The van der Waals surface area contributed by atoms with E-state index in [2.05, 4.69) is 25.8 Å². The zero-order valence-corrected chi connectivity index (χ0v) is 14.0. The number of methoxy groups -OCH3 is 1. The normalized spacial score (nSPS) is 10.3. The van der Waals surface area contributed by atoms with Crippen LogP contribution in [-0.4, -0.2) is 22.3 Å². The lowest BCUT2D eigenvalue weighted by molar-refractivity contribution is 0.415. The summed E-state index contributed by atoms with van der Waals surface area (Å²) >= 11 is 6.13. The van der Waals surface area contributed by atoms with Gasteiger partial charge in [0.1, 0.15) is 5.75 Å². The zero-order valence-electron chi connectivity index (χ0n) is 13.2. The number of aromatic nitrogens is 3. The van der Waals surface area contributed by atoms with Crippen molar-refractivity contribution in [1.82, 2.24) is 15.2 Å².